The molecule has 1 aromatic heterocycles. The maximum absolute atomic E-state index is 14.0. The van der Waals surface area contributed by atoms with Gasteiger partial charge in [0.05, 0.1) is 5.56 Å². The third kappa shape index (κ3) is 4.21. The van der Waals surface area contributed by atoms with Crippen LogP contribution in [0.2, 0.25) is 0 Å². The second-order valence-electron chi connectivity index (χ2n) is 7.05. The van der Waals surface area contributed by atoms with Crippen molar-refractivity contribution in [2.24, 2.45) is 0 Å². The summed E-state index contributed by atoms with van der Waals surface area (Å²) in [6.45, 7) is 0.697. The molecule has 138 valence electrons. The molecule has 1 saturated heterocycles. The van der Waals surface area contributed by atoms with Crippen LogP contribution in [0.5, 0.6) is 0 Å². The van der Waals surface area contributed by atoms with E-state index in [0.29, 0.717) is 6.54 Å². The Morgan fingerprint density at radius 2 is 2.00 bits per heavy atom. The highest BCUT2D eigenvalue weighted by molar-refractivity contribution is 5.94. The number of hydrogen-bond acceptors (Lipinski definition) is 3. The Hall–Kier alpha value is -2.43. The first-order chi connectivity index (χ1) is 12.6. The molecule has 0 bridgehead atoms. The van der Waals surface area contributed by atoms with Gasteiger partial charge in [0, 0.05) is 32.4 Å². The number of carbonyl (C=O) groups is 1. The molecular weight excluding hydrogens is 329 g/mol. The Bertz CT molecular complexity index is 762. The summed E-state index contributed by atoms with van der Waals surface area (Å²) in [7, 11) is 3.95. The van der Waals surface area contributed by atoms with Gasteiger partial charge in [0.2, 0.25) is 0 Å². The number of hydrogen-bond donors (Lipinski definition) is 0. The summed E-state index contributed by atoms with van der Waals surface area (Å²) in [6.07, 6.45) is 4.72. The largest absolute Gasteiger partial charge is 0.363 e. The molecule has 0 aliphatic carbocycles. The molecule has 4 nitrogen and oxygen atoms in total. The lowest BCUT2D eigenvalue weighted by atomic mass is 9.96. The van der Waals surface area contributed by atoms with Gasteiger partial charge in [-0.1, -0.05) is 18.2 Å². The molecule has 2 heterocycles. The minimum absolute atomic E-state index is 0.140. The van der Waals surface area contributed by atoms with Crippen LogP contribution in [0.15, 0.2) is 42.5 Å². The fraction of sp³-hybridized carbons (Fsp3) is 0.429. The molecule has 3 rings (SSSR count). The molecule has 1 atom stereocenters. The zero-order chi connectivity index (χ0) is 18.5. The molecular formula is C21H26FN3O. The van der Waals surface area contributed by atoms with E-state index in [0.717, 1.165) is 43.6 Å². The molecule has 0 radical (unpaired) electrons. The first-order valence-corrected chi connectivity index (χ1v) is 9.25. The van der Waals surface area contributed by atoms with Crippen molar-refractivity contribution in [3.05, 3.63) is 59.5 Å². The van der Waals surface area contributed by atoms with Crippen LogP contribution in [-0.4, -0.2) is 42.5 Å². The van der Waals surface area contributed by atoms with E-state index in [1.54, 1.807) is 18.2 Å². The molecule has 0 spiro atoms. The molecule has 1 aliphatic rings. The molecule has 0 saturated carbocycles. The average molecular weight is 355 g/mol. The Morgan fingerprint density at radius 3 is 2.77 bits per heavy atom. The summed E-state index contributed by atoms with van der Waals surface area (Å²) in [4.78, 5) is 21.4. The Morgan fingerprint density at radius 1 is 1.19 bits per heavy atom. The Balaban J connectivity index is 1.70. The predicted molar refractivity (Wildman–Crippen MR) is 102 cm³/mol. The van der Waals surface area contributed by atoms with Gasteiger partial charge < -0.3 is 9.80 Å². The third-order valence-electron chi connectivity index (χ3n) is 4.98. The number of aromatic nitrogens is 1. The first kappa shape index (κ1) is 18.4. The van der Waals surface area contributed by atoms with Gasteiger partial charge in [-0.3, -0.25) is 4.79 Å². The van der Waals surface area contributed by atoms with Crippen LogP contribution < -0.4 is 4.90 Å². The highest BCUT2D eigenvalue weighted by Gasteiger charge is 2.28. The van der Waals surface area contributed by atoms with Crippen LogP contribution in [0.3, 0.4) is 0 Å². The van der Waals surface area contributed by atoms with E-state index in [9.17, 15) is 9.18 Å². The normalized spacial score (nSPS) is 17.2. The van der Waals surface area contributed by atoms with Crippen molar-refractivity contribution in [1.82, 2.24) is 9.88 Å². The van der Waals surface area contributed by atoms with E-state index in [2.05, 4.69) is 4.98 Å². The summed E-state index contributed by atoms with van der Waals surface area (Å²) in [5.74, 6) is 0.301. The van der Waals surface area contributed by atoms with Crippen LogP contribution in [0.25, 0.3) is 0 Å². The number of nitrogens with zero attached hydrogens (tertiary/aromatic N) is 3. The Labute approximate surface area is 154 Å². The minimum Gasteiger partial charge on any atom is -0.363 e. The number of amides is 1. The molecule has 1 amide bonds. The average Bonchev–Trinajstić information content (AvgIpc) is 2.66. The van der Waals surface area contributed by atoms with Crippen LogP contribution in [0.4, 0.5) is 10.2 Å². The van der Waals surface area contributed by atoms with Crippen LogP contribution in [-0.2, 0) is 6.42 Å². The third-order valence-corrected chi connectivity index (χ3v) is 4.98. The predicted octanol–water partition coefficient (Wildman–Crippen LogP) is 3.91. The summed E-state index contributed by atoms with van der Waals surface area (Å²) >= 11 is 0. The summed E-state index contributed by atoms with van der Waals surface area (Å²) in [5, 5.41) is 0. The minimum atomic E-state index is -0.442. The van der Waals surface area contributed by atoms with Crippen molar-refractivity contribution < 1.29 is 9.18 Å². The maximum Gasteiger partial charge on any atom is 0.257 e. The van der Waals surface area contributed by atoms with Crippen molar-refractivity contribution in [1.29, 1.82) is 0 Å². The summed E-state index contributed by atoms with van der Waals surface area (Å²) in [5.41, 5.74) is 1.20. The lowest BCUT2D eigenvalue weighted by molar-refractivity contribution is 0.0597. The molecule has 1 fully saturated rings. The van der Waals surface area contributed by atoms with E-state index in [1.807, 2.05) is 42.1 Å². The van der Waals surface area contributed by atoms with E-state index >= 15 is 0 Å². The van der Waals surface area contributed by atoms with Crippen molar-refractivity contribution in [3.63, 3.8) is 0 Å². The van der Waals surface area contributed by atoms with E-state index in [-0.39, 0.29) is 17.5 Å². The van der Waals surface area contributed by atoms with Crippen LogP contribution in [0.1, 0.15) is 41.7 Å². The SMILES string of the molecule is CN(C)c1cccc(CCC2CCCCN2C(=O)c2ccccc2F)n1. The van der Waals surface area contributed by atoms with E-state index < -0.39 is 5.82 Å². The lowest BCUT2D eigenvalue weighted by Gasteiger charge is -2.36. The smallest absolute Gasteiger partial charge is 0.257 e. The number of benzene rings is 1. The highest BCUT2D eigenvalue weighted by atomic mass is 19.1. The second-order valence-corrected chi connectivity index (χ2v) is 7.05. The van der Waals surface area contributed by atoms with Gasteiger partial charge in [-0.2, -0.15) is 0 Å². The van der Waals surface area contributed by atoms with Gasteiger partial charge in [0.25, 0.3) is 5.91 Å². The van der Waals surface area contributed by atoms with Gasteiger partial charge in [0.15, 0.2) is 0 Å². The summed E-state index contributed by atoms with van der Waals surface area (Å²) < 4.78 is 14.0. The zero-order valence-electron chi connectivity index (χ0n) is 15.5. The first-order valence-electron chi connectivity index (χ1n) is 9.25. The molecule has 0 N–H and O–H groups in total. The monoisotopic (exact) mass is 355 g/mol. The van der Waals surface area contributed by atoms with Gasteiger partial charge in [-0.25, -0.2) is 9.37 Å². The molecule has 1 aromatic carbocycles. The number of aryl methyl sites for hydroxylation is 1. The number of halogens is 1. The Kier molecular flexibility index (Phi) is 5.86. The van der Waals surface area contributed by atoms with E-state index in [1.165, 1.54) is 6.07 Å². The number of rotatable bonds is 5. The standard InChI is InChI=1S/C21H26FN3O/c1-24(2)20-12-7-8-16(23-20)13-14-17-9-5-6-15-25(17)21(26)18-10-3-4-11-19(18)22/h3-4,7-8,10-12,17H,5-6,9,13-15H2,1-2H3. The molecule has 2 aromatic rings. The number of carbonyl (C=O) groups excluding carboxylic acids is 1. The van der Waals surface area contributed by atoms with Gasteiger partial charge in [-0.05, 0) is 56.4 Å². The number of pyridine rings is 1. The summed E-state index contributed by atoms with van der Waals surface area (Å²) in [6, 6.07) is 12.4. The molecule has 5 heteroatoms. The molecule has 26 heavy (non-hydrogen) atoms. The van der Waals surface area contributed by atoms with Gasteiger partial charge >= 0.3 is 0 Å². The number of piperidine rings is 1. The number of anilines is 1. The quantitative estimate of drug-likeness (QED) is 0.816. The molecule has 1 aliphatic heterocycles. The fourth-order valence-electron chi connectivity index (χ4n) is 3.53. The van der Waals surface area contributed by atoms with Crippen LogP contribution in [0, 0.1) is 5.82 Å². The van der Waals surface area contributed by atoms with Crippen LogP contribution >= 0.6 is 0 Å². The fourth-order valence-corrected chi connectivity index (χ4v) is 3.53. The highest BCUT2D eigenvalue weighted by Crippen LogP contribution is 2.24. The van der Waals surface area contributed by atoms with E-state index in [4.69, 9.17) is 0 Å². The number of likely N-dealkylation sites (tertiary alicyclic amines) is 1. The lowest BCUT2D eigenvalue weighted by Crippen LogP contribution is -2.44. The van der Waals surface area contributed by atoms with Gasteiger partial charge in [0.1, 0.15) is 11.6 Å². The topological polar surface area (TPSA) is 36.4 Å². The second kappa shape index (κ2) is 8.30. The molecule has 1 unspecified atom stereocenters. The maximum atomic E-state index is 14.0. The zero-order valence-corrected chi connectivity index (χ0v) is 15.5. The van der Waals surface area contributed by atoms with Gasteiger partial charge in [-0.15, -0.1) is 0 Å². The van der Waals surface area contributed by atoms with Crippen molar-refractivity contribution >= 4 is 11.7 Å². The van der Waals surface area contributed by atoms with Crippen molar-refractivity contribution in [3.8, 4) is 0 Å². The van der Waals surface area contributed by atoms with Crippen molar-refractivity contribution in [2.45, 2.75) is 38.1 Å². The van der Waals surface area contributed by atoms with Crippen molar-refractivity contribution in [2.75, 3.05) is 25.5 Å².